The number of hydrogen-bond donors (Lipinski definition) is 2. The largest absolute Gasteiger partial charge is 0.399 e. The maximum absolute atomic E-state index is 12.0. The predicted octanol–water partition coefficient (Wildman–Crippen LogP) is 1.48. The first-order chi connectivity index (χ1) is 7.68. The second-order valence-electron chi connectivity index (χ2n) is 3.39. The molecule has 4 heteroatoms. The van der Waals surface area contributed by atoms with E-state index in [-0.39, 0.29) is 11.6 Å². The van der Waals surface area contributed by atoms with Gasteiger partial charge in [-0.15, -0.1) is 0 Å². The van der Waals surface area contributed by atoms with Gasteiger partial charge in [0.05, 0.1) is 5.56 Å². The molecule has 0 aliphatic heterocycles. The summed E-state index contributed by atoms with van der Waals surface area (Å²) >= 11 is 0. The van der Waals surface area contributed by atoms with Crippen molar-refractivity contribution in [3.63, 3.8) is 0 Å². The first-order valence-corrected chi connectivity index (χ1v) is 4.79. The monoisotopic (exact) mass is 213 g/mol. The zero-order valence-corrected chi connectivity index (χ0v) is 8.55. The molecule has 1 aromatic carbocycles. The molecule has 0 fully saturated rings. The normalized spacial score (nSPS) is 10.0. The molecule has 0 bridgehead atoms. The lowest BCUT2D eigenvalue weighted by molar-refractivity contribution is 0.103. The van der Waals surface area contributed by atoms with E-state index in [2.05, 4.69) is 4.98 Å². The van der Waals surface area contributed by atoms with Gasteiger partial charge in [-0.3, -0.25) is 4.79 Å². The maximum Gasteiger partial charge on any atom is 0.196 e. The summed E-state index contributed by atoms with van der Waals surface area (Å²) in [6.07, 6.45) is 1.55. The third kappa shape index (κ3) is 1.86. The number of hydrogen-bond acceptors (Lipinski definition) is 4. The fraction of sp³-hybridized carbons (Fsp3) is 0. The second-order valence-corrected chi connectivity index (χ2v) is 3.39. The van der Waals surface area contributed by atoms with E-state index in [0.29, 0.717) is 16.8 Å². The Bertz CT molecular complexity index is 537. The van der Waals surface area contributed by atoms with Crippen LogP contribution in [0.4, 0.5) is 11.5 Å². The molecule has 2 rings (SSSR count). The Labute approximate surface area is 92.9 Å². The summed E-state index contributed by atoms with van der Waals surface area (Å²) in [6, 6.07) is 10.1. The molecular weight excluding hydrogens is 202 g/mol. The predicted molar refractivity (Wildman–Crippen MR) is 62.9 cm³/mol. The van der Waals surface area contributed by atoms with Crippen molar-refractivity contribution >= 4 is 17.3 Å². The van der Waals surface area contributed by atoms with E-state index in [9.17, 15) is 4.79 Å². The Morgan fingerprint density at radius 2 is 1.94 bits per heavy atom. The van der Waals surface area contributed by atoms with E-state index < -0.39 is 0 Å². The summed E-state index contributed by atoms with van der Waals surface area (Å²) in [5.74, 6) is 0.0628. The number of nitrogen functional groups attached to an aromatic ring is 2. The Hall–Kier alpha value is -2.36. The third-order valence-corrected chi connectivity index (χ3v) is 2.23. The molecule has 0 saturated carbocycles. The number of anilines is 2. The fourth-order valence-electron chi connectivity index (χ4n) is 1.44. The summed E-state index contributed by atoms with van der Waals surface area (Å²) in [4.78, 5) is 15.9. The zero-order chi connectivity index (χ0) is 11.5. The first-order valence-electron chi connectivity index (χ1n) is 4.79. The fourth-order valence-corrected chi connectivity index (χ4v) is 1.44. The van der Waals surface area contributed by atoms with Crippen LogP contribution in [-0.2, 0) is 0 Å². The molecule has 1 heterocycles. The number of carbonyl (C=O) groups excluding carboxylic acids is 1. The third-order valence-electron chi connectivity index (χ3n) is 2.23. The van der Waals surface area contributed by atoms with Gasteiger partial charge >= 0.3 is 0 Å². The van der Waals surface area contributed by atoms with Crippen molar-refractivity contribution in [3.05, 3.63) is 53.7 Å². The van der Waals surface area contributed by atoms with Crippen LogP contribution in [0.2, 0.25) is 0 Å². The highest BCUT2D eigenvalue weighted by Gasteiger charge is 2.12. The molecule has 1 aromatic heterocycles. The number of nitrogens with zero attached hydrogens (tertiary/aromatic N) is 1. The van der Waals surface area contributed by atoms with Gasteiger partial charge in [-0.2, -0.15) is 0 Å². The molecule has 0 aliphatic carbocycles. The summed E-state index contributed by atoms with van der Waals surface area (Å²) < 4.78 is 0. The average Bonchev–Trinajstić information content (AvgIpc) is 2.29. The van der Waals surface area contributed by atoms with Gasteiger partial charge < -0.3 is 11.5 Å². The molecule has 2 aromatic rings. The Kier molecular flexibility index (Phi) is 2.55. The number of benzene rings is 1. The zero-order valence-electron chi connectivity index (χ0n) is 8.55. The topological polar surface area (TPSA) is 82.0 Å². The maximum atomic E-state index is 12.0. The van der Waals surface area contributed by atoms with Crippen molar-refractivity contribution in [2.24, 2.45) is 0 Å². The van der Waals surface area contributed by atoms with Crippen LogP contribution >= 0.6 is 0 Å². The highest BCUT2D eigenvalue weighted by molar-refractivity contribution is 6.11. The highest BCUT2D eigenvalue weighted by Crippen LogP contribution is 2.15. The van der Waals surface area contributed by atoms with Crippen molar-refractivity contribution in [2.45, 2.75) is 0 Å². The minimum Gasteiger partial charge on any atom is -0.399 e. The van der Waals surface area contributed by atoms with E-state index in [4.69, 9.17) is 11.5 Å². The summed E-state index contributed by atoms with van der Waals surface area (Å²) in [5.41, 5.74) is 12.7. The van der Waals surface area contributed by atoms with E-state index in [1.807, 2.05) is 0 Å². The molecule has 80 valence electrons. The molecule has 0 spiro atoms. The van der Waals surface area contributed by atoms with Crippen LogP contribution in [0.3, 0.4) is 0 Å². The van der Waals surface area contributed by atoms with Crippen LogP contribution in [0.1, 0.15) is 15.9 Å². The van der Waals surface area contributed by atoms with Gasteiger partial charge in [0, 0.05) is 17.4 Å². The summed E-state index contributed by atoms with van der Waals surface area (Å²) in [5, 5.41) is 0. The average molecular weight is 213 g/mol. The minimum absolute atomic E-state index is 0.169. The molecule has 0 aliphatic rings. The number of rotatable bonds is 2. The van der Waals surface area contributed by atoms with Gasteiger partial charge in [0.15, 0.2) is 5.78 Å². The van der Waals surface area contributed by atoms with Crippen LogP contribution in [0.15, 0.2) is 42.6 Å². The molecule has 16 heavy (non-hydrogen) atoms. The van der Waals surface area contributed by atoms with Crippen LogP contribution < -0.4 is 11.5 Å². The smallest absolute Gasteiger partial charge is 0.196 e. The Morgan fingerprint density at radius 3 is 2.62 bits per heavy atom. The number of aromatic nitrogens is 1. The van der Waals surface area contributed by atoms with Crippen molar-refractivity contribution in [1.29, 1.82) is 0 Å². The minimum atomic E-state index is -0.169. The second kappa shape index (κ2) is 4.02. The number of nitrogens with two attached hydrogens (primary N) is 2. The van der Waals surface area contributed by atoms with Crippen molar-refractivity contribution in [1.82, 2.24) is 4.98 Å². The molecule has 0 amide bonds. The van der Waals surface area contributed by atoms with E-state index >= 15 is 0 Å². The Morgan fingerprint density at radius 1 is 1.12 bits per heavy atom. The van der Waals surface area contributed by atoms with Gasteiger partial charge in [-0.25, -0.2) is 4.98 Å². The van der Waals surface area contributed by atoms with E-state index in [1.54, 1.807) is 42.6 Å². The molecular formula is C12H11N3O. The number of carbonyl (C=O) groups is 1. The molecule has 0 atom stereocenters. The quantitative estimate of drug-likeness (QED) is 0.584. The Balaban J connectivity index is 2.44. The van der Waals surface area contributed by atoms with Crippen molar-refractivity contribution in [2.75, 3.05) is 11.5 Å². The molecule has 0 saturated heterocycles. The van der Waals surface area contributed by atoms with Gasteiger partial charge in [0.25, 0.3) is 0 Å². The van der Waals surface area contributed by atoms with Gasteiger partial charge in [0.1, 0.15) is 5.82 Å². The van der Waals surface area contributed by atoms with Gasteiger partial charge in [0.2, 0.25) is 0 Å². The van der Waals surface area contributed by atoms with E-state index in [0.717, 1.165) is 0 Å². The first kappa shape index (κ1) is 10.2. The van der Waals surface area contributed by atoms with Gasteiger partial charge in [-0.05, 0) is 24.3 Å². The molecule has 4 N–H and O–H groups in total. The van der Waals surface area contributed by atoms with Crippen LogP contribution in [0.25, 0.3) is 0 Å². The molecule has 4 nitrogen and oxygen atoms in total. The standard InChI is InChI=1S/C12H11N3O/c13-9-4-1-3-8(7-9)11(16)10-5-2-6-15-12(10)14/h1-7H,13H2,(H2,14,15). The van der Waals surface area contributed by atoms with E-state index in [1.165, 1.54) is 0 Å². The van der Waals surface area contributed by atoms with Gasteiger partial charge in [-0.1, -0.05) is 12.1 Å². The SMILES string of the molecule is Nc1cccc(C(=O)c2cccnc2N)c1. The number of pyridine rings is 1. The summed E-state index contributed by atoms with van der Waals surface area (Å²) in [7, 11) is 0. The summed E-state index contributed by atoms with van der Waals surface area (Å²) in [6.45, 7) is 0. The van der Waals surface area contributed by atoms with Crippen LogP contribution in [0.5, 0.6) is 0 Å². The lowest BCUT2D eigenvalue weighted by Gasteiger charge is -2.04. The van der Waals surface area contributed by atoms with Crippen molar-refractivity contribution in [3.8, 4) is 0 Å². The van der Waals surface area contributed by atoms with Crippen molar-refractivity contribution < 1.29 is 4.79 Å². The lowest BCUT2D eigenvalue weighted by atomic mass is 10.0. The highest BCUT2D eigenvalue weighted by atomic mass is 16.1. The number of ketones is 1. The van der Waals surface area contributed by atoms with Crippen LogP contribution in [0, 0.1) is 0 Å². The molecule has 0 unspecified atom stereocenters. The molecule has 0 radical (unpaired) electrons. The van der Waals surface area contributed by atoms with Crippen LogP contribution in [-0.4, -0.2) is 10.8 Å². The lowest BCUT2D eigenvalue weighted by Crippen LogP contribution is -2.06.